The fourth-order valence-electron chi connectivity index (χ4n) is 2.31. The molecule has 0 atom stereocenters. The van der Waals surface area contributed by atoms with E-state index in [0.717, 1.165) is 29.0 Å². The third-order valence-electron chi connectivity index (χ3n) is 3.38. The summed E-state index contributed by atoms with van der Waals surface area (Å²) in [4.78, 5) is 4.37. The lowest BCUT2D eigenvalue weighted by atomic mass is 10.2. The van der Waals surface area contributed by atoms with Gasteiger partial charge in [-0.05, 0) is 31.5 Å². The number of hydrogen-bond donors (Lipinski definition) is 0. The molecule has 5 heteroatoms. The number of thioether (sulfide) groups is 1. The van der Waals surface area contributed by atoms with Crippen molar-refractivity contribution < 1.29 is 0 Å². The first-order valence-corrected chi connectivity index (χ1v) is 8.29. The molecule has 112 valence electrons. The fraction of sp³-hybridized carbons (Fsp3) is 0.235. The van der Waals surface area contributed by atoms with Crippen LogP contribution in [0.4, 0.5) is 0 Å². The molecule has 0 aliphatic rings. The molecule has 0 aliphatic heterocycles. The van der Waals surface area contributed by atoms with E-state index >= 15 is 0 Å². The molecule has 0 unspecified atom stereocenters. The number of hydrogen-bond acceptors (Lipinski definition) is 4. The predicted octanol–water partition coefficient (Wildman–Crippen LogP) is 3.96. The Morgan fingerprint density at radius 3 is 2.73 bits per heavy atom. The van der Waals surface area contributed by atoms with Crippen LogP contribution in [0.3, 0.4) is 0 Å². The molecule has 4 nitrogen and oxygen atoms in total. The van der Waals surface area contributed by atoms with Crippen molar-refractivity contribution in [3.63, 3.8) is 0 Å². The Labute approximate surface area is 134 Å². The zero-order valence-corrected chi connectivity index (χ0v) is 13.5. The largest absolute Gasteiger partial charge is 0.301 e. The third kappa shape index (κ3) is 3.20. The van der Waals surface area contributed by atoms with Gasteiger partial charge in [-0.15, -0.1) is 10.2 Å². The molecule has 0 amide bonds. The normalized spacial score (nSPS) is 10.8. The van der Waals surface area contributed by atoms with Gasteiger partial charge in [-0.2, -0.15) is 0 Å². The van der Waals surface area contributed by atoms with Crippen LogP contribution in [-0.4, -0.2) is 19.7 Å². The predicted molar refractivity (Wildman–Crippen MR) is 89.7 cm³/mol. The average Bonchev–Trinajstić information content (AvgIpc) is 2.97. The van der Waals surface area contributed by atoms with Crippen molar-refractivity contribution in [3.05, 3.63) is 59.8 Å². The number of aryl methyl sites for hydroxylation is 1. The minimum atomic E-state index is 0.828. The lowest BCUT2D eigenvalue weighted by molar-refractivity contribution is 0.686. The van der Waals surface area contributed by atoms with E-state index in [-0.39, 0.29) is 0 Å². The third-order valence-corrected chi connectivity index (χ3v) is 4.42. The summed E-state index contributed by atoms with van der Waals surface area (Å²) in [5.41, 5.74) is 3.44. The lowest BCUT2D eigenvalue weighted by Crippen LogP contribution is -2.00. The zero-order valence-electron chi connectivity index (χ0n) is 12.7. The molecular formula is C17H18N4S. The lowest BCUT2D eigenvalue weighted by Gasteiger charge is -2.07. The second kappa shape index (κ2) is 6.75. The van der Waals surface area contributed by atoms with Crippen LogP contribution in [0.15, 0.2) is 53.8 Å². The molecule has 0 bridgehead atoms. The van der Waals surface area contributed by atoms with E-state index in [2.05, 4.69) is 57.9 Å². The summed E-state index contributed by atoms with van der Waals surface area (Å²) in [7, 11) is 0. The number of benzene rings is 1. The molecule has 3 aromatic rings. The van der Waals surface area contributed by atoms with E-state index < -0.39 is 0 Å². The molecule has 0 saturated heterocycles. The highest BCUT2D eigenvalue weighted by Gasteiger charge is 2.13. The Balaban J connectivity index is 1.81. The molecule has 2 aromatic heterocycles. The second-order valence-corrected chi connectivity index (χ2v) is 5.99. The van der Waals surface area contributed by atoms with Crippen molar-refractivity contribution in [2.24, 2.45) is 0 Å². The van der Waals surface area contributed by atoms with Crippen LogP contribution in [0.1, 0.15) is 18.1 Å². The summed E-state index contributed by atoms with van der Waals surface area (Å²) in [6.45, 7) is 5.05. The van der Waals surface area contributed by atoms with Crippen LogP contribution in [0.2, 0.25) is 0 Å². The Hall–Kier alpha value is -2.14. The minimum absolute atomic E-state index is 0.828. The second-order valence-electron chi connectivity index (χ2n) is 5.04. The van der Waals surface area contributed by atoms with Crippen LogP contribution in [0.5, 0.6) is 0 Å². The van der Waals surface area contributed by atoms with Gasteiger partial charge in [0.25, 0.3) is 0 Å². The van der Waals surface area contributed by atoms with Crippen molar-refractivity contribution in [1.82, 2.24) is 19.7 Å². The van der Waals surface area contributed by atoms with E-state index in [4.69, 9.17) is 0 Å². The summed E-state index contributed by atoms with van der Waals surface area (Å²) in [5.74, 6) is 1.72. The van der Waals surface area contributed by atoms with Gasteiger partial charge in [0.05, 0.1) is 0 Å². The van der Waals surface area contributed by atoms with Gasteiger partial charge >= 0.3 is 0 Å². The first-order chi connectivity index (χ1) is 10.8. The van der Waals surface area contributed by atoms with E-state index in [1.54, 1.807) is 18.0 Å². The molecule has 1 aromatic carbocycles. The molecule has 0 aliphatic carbocycles. The van der Waals surface area contributed by atoms with Crippen LogP contribution in [0, 0.1) is 6.92 Å². The molecule has 2 heterocycles. The van der Waals surface area contributed by atoms with Gasteiger partial charge in [-0.25, -0.2) is 0 Å². The number of nitrogens with zero attached hydrogens (tertiary/aromatic N) is 4. The van der Waals surface area contributed by atoms with Crippen LogP contribution < -0.4 is 0 Å². The van der Waals surface area contributed by atoms with Crippen LogP contribution >= 0.6 is 11.8 Å². The fourth-order valence-corrected chi connectivity index (χ4v) is 3.26. The SMILES string of the molecule is CCn1c(SCc2cccc(C)c2)nnc1-c1ccccn1. The van der Waals surface area contributed by atoms with Crippen molar-refractivity contribution in [1.29, 1.82) is 0 Å². The van der Waals surface area contributed by atoms with E-state index in [1.807, 2.05) is 18.2 Å². The van der Waals surface area contributed by atoms with Crippen molar-refractivity contribution in [2.45, 2.75) is 31.3 Å². The molecule has 0 spiro atoms. The molecule has 0 fully saturated rings. The van der Waals surface area contributed by atoms with E-state index in [1.165, 1.54) is 11.1 Å². The van der Waals surface area contributed by atoms with Crippen LogP contribution in [-0.2, 0) is 12.3 Å². The van der Waals surface area contributed by atoms with Gasteiger partial charge in [0.15, 0.2) is 11.0 Å². The first kappa shape index (κ1) is 14.8. The maximum absolute atomic E-state index is 4.37. The first-order valence-electron chi connectivity index (χ1n) is 7.31. The Morgan fingerprint density at radius 1 is 1.09 bits per heavy atom. The Kier molecular flexibility index (Phi) is 4.53. The average molecular weight is 310 g/mol. The molecule has 0 radical (unpaired) electrons. The monoisotopic (exact) mass is 310 g/mol. The standard InChI is InChI=1S/C17H18N4S/c1-3-21-16(15-9-4-5-10-18-15)19-20-17(21)22-12-14-8-6-7-13(2)11-14/h4-11H,3,12H2,1-2H3. The van der Waals surface area contributed by atoms with Crippen molar-refractivity contribution in [3.8, 4) is 11.5 Å². The molecule has 0 N–H and O–H groups in total. The van der Waals surface area contributed by atoms with Gasteiger partial charge in [-0.3, -0.25) is 4.98 Å². The van der Waals surface area contributed by atoms with Gasteiger partial charge in [-0.1, -0.05) is 47.7 Å². The highest BCUT2D eigenvalue weighted by Crippen LogP contribution is 2.25. The maximum atomic E-state index is 4.37. The van der Waals surface area contributed by atoms with Gasteiger partial charge in [0, 0.05) is 18.5 Å². The van der Waals surface area contributed by atoms with Gasteiger partial charge in [0.2, 0.25) is 0 Å². The smallest absolute Gasteiger partial charge is 0.191 e. The van der Waals surface area contributed by atoms with Crippen LogP contribution in [0.25, 0.3) is 11.5 Å². The Bertz CT molecular complexity index is 752. The quantitative estimate of drug-likeness (QED) is 0.669. The summed E-state index contributed by atoms with van der Waals surface area (Å²) >= 11 is 1.71. The van der Waals surface area contributed by atoms with Crippen molar-refractivity contribution in [2.75, 3.05) is 0 Å². The molecule has 0 saturated carbocycles. The molecular weight excluding hydrogens is 292 g/mol. The van der Waals surface area contributed by atoms with E-state index in [0.29, 0.717) is 0 Å². The highest BCUT2D eigenvalue weighted by atomic mass is 32.2. The summed E-state index contributed by atoms with van der Waals surface area (Å²) in [5, 5.41) is 9.59. The molecule has 22 heavy (non-hydrogen) atoms. The van der Waals surface area contributed by atoms with E-state index in [9.17, 15) is 0 Å². The zero-order chi connectivity index (χ0) is 15.4. The number of pyridine rings is 1. The number of rotatable bonds is 5. The maximum Gasteiger partial charge on any atom is 0.191 e. The summed E-state index contributed by atoms with van der Waals surface area (Å²) in [6, 6.07) is 14.4. The molecule has 3 rings (SSSR count). The minimum Gasteiger partial charge on any atom is -0.301 e. The summed E-state index contributed by atoms with van der Waals surface area (Å²) in [6.07, 6.45) is 1.78. The highest BCUT2D eigenvalue weighted by molar-refractivity contribution is 7.98. The van der Waals surface area contributed by atoms with Gasteiger partial charge < -0.3 is 4.57 Å². The Morgan fingerprint density at radius 2 is 2.00 bits per heavy atom. The summed E-state index contributed by atoms with van der Waals surface area (Å²) < 4.78 is 2.11. The number of aromatic nitrogens is 4. The van der Waals surface area contributed by atoms with Gasteiger partial charge in [0.1, 0.15) is 5.69 Å². The topological polar surface area (TPSA) is 43.6 Å². The van der Waals surface area contributed by atoms with Crippen molar-refractivity contribution >= 4 is 11.8 Å².